The van der Waals surface area contributed by atoms with Gasteiger partial charge in [-0.1, -0.05) is 23.7 Å². The minimum Gasteiger partial charge on any atom is -0.492 e. The number of hydrogen-bond acceptors (Lipinski definition) is 4. The molecule has 2 heterocycles. The summed E-state index contributed by atoms with van der Waals surface area (Å²) in [5, 5.41) is 0.512. The van der Waals surface area contributed by atoms with Crippen LogP contribution >= 0.6 is 11.6 Å². The number of ether oxygens (including phenoxy) is 2. The van der Waals surface area contributed by atoms with Crippen molar-refractivity contribution in [3.63, 3.8) is 0 Å². The Balaban J connectivity index is 1.97. The summed E-state index contributed by atoms with van der Waals surface area (Å²) < 4.78 is 16.2. The van der Waals surface area contributed by atoms with Crippen molar-refractivity contribution in [3.05, 3.63) is 63.4 Å². The molecule has 0 fully saturated rings. The summed E-state index contributed by atoms with van der Waals surface area (Å²) in [6.07, 6.45) is 2.11. The molecule has 0 spiro atoms. The zero-order valence-electron chi connectivity index (χ0n) is 11.4. The maximum absolute atomic E-state index is 12.0. The first-order chi connectivity index (χ1) is 10.1. The Bertz CT molecular complexity index is 761. The molecule has 108 valence electrons. The zero-order chi connectivity index (χ0) is 14.8. The number of benzene rings is 1. The smallest absolute Gasteiger partial charge is 0.347 e. The van der Waals surface area contributed by atoms with Crippen LogP contribution in [0, 0.1) is 6.92 Å². The van der Waals surface area contributed by atoms with Gasteiger partial charge in [0.1, 0.15) is 22.8 Å². The monoisotopic (exact) mass is 304 g/mol. The number of halogens is 1. The predicted octanol–water partition coefficient (Wildman–Crippen LogP) is 3.80. The topological polar surface area (TPSA) is 48.7 Å². The maximum Gasteiger partial charge on any atom is 0.347 e. The fourth-order valence-corrected chi connectivity index (χ4v) is 2.36. The molecule has 0 saturated heterocycles. The first-order valence-corrected chi connectivity index (χ1v) is 6.91. The van der Waals surface area contributed by atoms with Crippen LogP contribution in [0.4, 0.5) is 0 Å². The highest BCUT2D eigenvalue weighted by molar-refractivity contribution is 6.32. The van der Waals surface area contributed by atoms with E-state index in [4.69, 9.17) is 25.5 Å². The van der Waals surface area contributed by atoms with Crippen molar-refractivity contribution in [2.75, 3.05) is 6.61 Å². The van der Waals surface area contributed by atoms with Gasteiger partial charge in [-0.15, -0.1) is 0 Å². The van der Waals surface area contributed by atoms with Crippen molar-refractivity contribution in [1.29, 1.82) is 0 Å². The lowest BCUT2D eigenvalue weighted by Gasteiger charge is -2.18. The molecular weight excluding hydrogens is 292 g/mol. The first-order valence-electron chi connectivity index (χ1n) is 6.53. The van der Waals surface area contributed by atoms with Crippen LogP contribution < -0.4 is 15.1 Å². The van der Waals surface area contributed by atoms with Crippen molar-refractivity contribution >= 4 is 17.2 Å². The van der Waals surface area contributed by atoms with Gasteiger partial charge in [0.2, 0.25) is 0 Å². The molecule has 5 heteroatoms. The molecule has 2 aromatic rings. The second kappa shape index (κ2) is 5.66. The molecule has 0 radical (unpaired) electrons. The Labute approximate surface area is 126 Å². The second-order valence-electron chi connectivity index (χ2n) is 4.67. The van der Waals surface area contributed by atoms with Crippen LogP contribution in [0.2, 0.25) is 5.02 Å². The van der Waals surface area contributed by atoms with Crippen molar-refractivity contribution in [1.82, 2.24) is 0 Å². The molecule has 1 aromatic carbocycles. The molecule has 0 atom stereocenters. The summed E-state index contributed by atoms with van der Waals surface area (Å²) in [6.45, 7) is 2.21. The third-order valence-corrected chi connectivity index (χ3v) is 3.47. The van der Waals surface area contributed by atoms with E-state index < -0.39 is 5.63 Å². The van der Waals surface area contributed by atoms with Crippen molar-refractivity contribution in [2.24, 2.45) is 0 Å². The fraction of sp³-hybridized carbons (Fsp3) is 0.188. The van der Waals surface area contributed by atoms with E-state index in [-0.39, 0.29) is 0 Å². The van der Waals surface area contributed by atoms with Crippen LogP contribution in [0.3, 0.4) is 0 Å². The van der Waals surface area contributed by atoms with Gasteiger partial charge in [-0.2, -0.15) is 0 Å². The molecule has 0 aliphatic carbocycles. The normalized spacial score (nSPS) is 15.4. The van der Waals surface area contributed by atoms with Crippen LogP contribution in [0.25, 0.3) is 5.57 Å². The zero-order valence-corrected chi connectivity index (χ0v) is 12.1. The predicted molar refractivity (Wildman–Crippen MR) is 79.9 cm³/mol. The van der Waals surface area contributed by atoms with Gasteiger partial charge in [-0.25, -0.2) is 4.79 Å². The Morgan fingerprint density at radius 1 is 1.33 bits per heavy atom. The summed E-state index contributed by atoms with van der Waals surface area (Å²) >= 11 is 6.04. The van der Waals surface area contributed by atoms with Gasteiger partial charge in [-0.05, 0) is 19.1 Å². The van der Waals surface area contributed by atoms with E-state index in [2.05, 4.69) is 0 Å². The lowest BCUT2D eigenvalue weighted by atomic mass is 10.0. The largest absolute Gasteiger partial charge is 0.492 e. The highest BCUT2D eigenvalue weighted by Crippen LogP contribution is 2.32. The quantitative estimate of drug-likeness (QED) is 0.792. The average Bonchev–Trinajstić information content (AvgIpc) is 2.45. The Kier molecular flexibility index (Phi) is 3.71. The van der Waals surface area contributed by atoms with E-state index in [1.165, 1.54) is 6.26 Å². The van der Waals surface area contributed by atoms with E-state index in [1.54, 1.807) is 25.1 Å². The summed E-state index contributed by atoms with van der Waals surface area (Å²) in [7, 11) is 0. The minimum absolute atomic E-state index is 0.416. The average molecular weight is 305 g/mol. The lowest BCUT2D eigenvalue weighted by molar-refractivity contribution is 0.306. The maximum atomic E-state index is 12.0. The minimum atomic E-state index is -0.418. The standard InChI is InChI=1S/C16H13ClO4/c1-10-8-14-15(16(18)21-10)11(6-7-19-14)9-20-13-5-3-2-4-12(13)17/h2-5,8-9H,6-7H2,1H3/b11-9+. The molecule has 0 amide bonds. The van der Waals surface area contributed by atoms with Crippen molar-refractivity contribution in [2.45, 2.75) is 13.3 Å². The second-order valence-corrected chi connectivity index (χ2v) is 5.08. The SMILES string of the molecule is Cc1cc2c(c(=O)o1)/C(=C/Oc1ccccc1Cl)CCO2. The van der Waals surface area contributed by atoms with Gasteiger partial charge < -0.3 is 13.9 Å². The summed E-state index contributed by atoms with van der Waals surface area (Å²) in [5.74, 6) is 1.59. The van der Waals surface area contributed by atoms with Gasteiger partial charge in [0.15, 0.2) is 0 Å². The molecule has 1 aromatic heterocycles. The molecule has 0 N–H and O–H groups in total. The van der Waals surface area contributed by atoms with Gasteiger partial charge in [0, 0.05) is 18.1 Å². The van der Waals surface area contributed by atoms with Gasteiger partial charge in [-0.3, -0.25) is 0 Å². The molecule has 4 nitrogen and oxygen atoms in total. The number of rotatable bonds is 2. The third kappa shape index (κ3) is 2.81. The molecule has 1 aliphatic rings. The summed E-state index contributed by atoms with van der Waals surface area (Å²) in [6, 6.07) is 8.86. The highest BCUT2D eigenvalue weighted by Gasteiger charge is 2.21. The van der Waals surface area contributed by atoms with Gasteiger partial charge >= 0.3 is 5.63 Å². The van der Waals surface area contributed by atoms with E-state index in [0.29, 0.717) is 40.9 Å². The molecular formula is C16H13ClO4. The van der Waals surface area contributed by atoms with Crippen LogP contribution in [0.5, 0.6) is 11.5 Å². The number of fused-ring (bicyclic) bond motifs is 1. The number of hydrogen-bond donors (Lipinski definition) is 0. The van der Waals surface area contributed by atoms with Crippen LogP contribution in [0.1, 0.15) is 17.7 Å². The van der Waals surface area contributed by atoms with Crippen LogP contribution in [-0.2, 0) is 0 Å². The molecule has 21 heavy (non-hydrogen) atoms. The van der Waals surface area contributed by atoms with Crippen LogP contribution in [0.15, 0.2) is 45.8 Å². The van der Waals surface area contributed by atoms with Gasteiger partial charge in [0.05, 0.1) is 17.9 Å². The molecule has 0 saturated carbocycles. The highest BCUT2D eigenvalue weighted by atomic mass is 35.5. The van der Waals surface area contributed by atoms with E-state index in [9.17, 15) is 4.79 Å². The number of aryl methyl sites for hydroxylation is 1. The van der Waals surface area contributed by atoms with E-state index in [0.717, 1.165) is 5.57 Å². The van der Waals surface area contributed by atoms with E-state index in [1.807, 2.05) is 12.1 Å². The summed E-state index contributed by atoms with van der Waals surface area (Å²) in [5.41, 5.74) is 0.738. The first kappa shape index (κ1) is 13.8. The number of para-hydroxylation sites is 1. The van der Waals surface area contributed by atoms with E-state index >= 15 is 0 Å². The molecule has 1 aliphatic heterocycles. The lowest BCUT2D eigenvalue weighted by Crippen LogP contribution is -2.17. The Morgan fingerprint density at radius 3 is 2.95 bits per heavy atom. The molecule has 0 unspecified atom stereocenters. The van der Waals surface area contributed by atoms with Gasteiger partial charge in [0.25, 0.3) is 0 Å². The summed E-state index contributed by atoms with van der Waals surface area (Å²) in [4.78, 5) is 12.0. The molecule has 0 bridgehead atoms. The van der Waals surface area contributed by atoms with Crippen LogP contribution in [-0.4, -0.2) is 6.61 Å². The van der Waals surface area contributed by atoms with Crippen molar-refractivity contribution < 1.29 is 13.9 Å². The Hall–Kier alpha value is -2.20. The Morgan fingerprint density at radius 2 is 2.14 bits per heavy atom. The molecule has 3 rings (SSSR count). The fourth-order valence-electron chi connectivity index (χ4n) is 2.18. The third-order valence-electron chi connectivity index (χ3n) is 3.15. The van der Waals surface area contributed by atoms with Crippen molar-refractivity contribution in [3.8, 4) is 11.5 Å².